The summed E-state index contributed by atoms with van der Waals surface area (Å²) in [6.07, 6.45) is 0. The Morgan fingerprint density at radius 1 is 0.684 bits per heavy atom. The molecule has 2 aromatic carbocycles. The molecule has 0 saturated carbocycles. The molecule has 0 N–H and O–H groups in total. The molecule has 19 heavy (non-hydrogen) atoms. The number of benzene rings is 2. The van der Waals surface area contributed by atoms with E-state index in [4.69, 9.17) is 0 Å². The number of fused-ring (bicyclic) bond motifs is 3. The predicted molar refractivity (Wildman–Crippen MR) is 87.4 cm³/mol. The van der Waals surface area contributed by atoms with Gasteiger partial charge in [-0.1, -0.05) is 76.7 Å². The van der Waals surface area contributed by atoms with E-state index in [1.165, 1.54) is 33.4 Å². The molecular weight excluding hydrogens is 228 g/mol. The molecule has 0 saturated heterocycles. The molecule has 0 aliphatic heterocycles. The van der Waals surface area contributed by atoms with Crippen LogP contribution in [0.25, 0.3) is 16.7 Å². The van der Waals surface area contributed by atoms with Crippen LogP contribution in [0.3, 0.4) is 0 Å². The molecule has 100 valence electrons. The highest BCUT2D eigenvalue weighted by atomic mass is 14.2. The minimum absolute atomic E-state index is 1.17. The van der Waals surface area contributed by atoms with Crippen molar-refractivity contribution in [1.29, 1.82) is 0 Å². The fourth-order valence-electron chi connectivity index (χ4n) is 2.41. The van der Waals surface area contributed by atoms with Crippen LogP contribution in [-0.2, 0) is 0 Å². The fraction of sp³-hybridized carbons (Fsp3) is 0.263. The van der Waals surface area contributed by atoms with Crippen molar-refractivity contribution in [2.24, 2.45) is 0 Å². The first kappa shape index (κ1) is 15.2. The smallest absolute Gasteiger partial charge is 0.00756 e. The summed E-state index contributed by atoms with van der Waals surface area (Å²) < 4.78 is 0. The summed E-state index contributed by atoms with van der Waals surface area (Å²) in [4.78, 5) is 0. The SMILES string of the molecule is C=C1c2ccccc2-c2cccc(C)c21.CC.CC. The van der Waals surface area contributed by atoms with Gasteiger partial charge < -0.3 is 0 Å². The first-order valence-electron chi connectivity index (χ1n) is 7.17. The summed E-state index contributed by atoms with van der Waals surface area (Å²) in [5.41, 5.74) is 7.73. The van der Waals surface area contributed by atoms with Gasteiger partial charge in [-0.25, -0.2) is 0 Å². The van der Waals surface area contributed by atoms with Gasteiger partial charge in [0, 0.05) is 0 Å². The van der Waals surface area contributed by atoms with Gasteiger partial charge in [0.2, 0.25) is 0 Å². The minimum Gasteiger partial charge on any atom is -0.0905 e. The second kappa shape index (κ2) is 6.94. The van der Waals surface area contributed by atoms with Gasteiger partial charge >= 0.3 is 0 Å². The number of aryl methyl sites for hydroxylation is 1. The Morgan fingerprint density at radius 3 is 1.84 bits per heavy atom. The van der Waals surface area contributed by atoms with E-state index in [0.29, 0.717) is 0 Å². The summed E-state index contributed by atoms with van der Waals surface area (Å²) in [5.74, 6) is 0. The zero-order valence-electron chi connectivity index (χ0n) is 12.7. The highest BCUT2D eigenvalue weighted by Gasteiger charge is 2.22. The van der Waals surface area contributed by atoms with E-state index in [1.807, 2.05) is 27.7 Å². The van der Waals surface area contributed by atoms with Crippen LogP contribution in [0.5, 0.6) is 0 Å². The Morgan fingerprint density at radius 2 is 1.21 bits per heavy atom. The summed E-state index contributed by atoms with van der Waals surface area (Å²) in [6, 6.07) is 14.9. The molecule has 3 rings (SSSR count). The van der Waals surface area contributed by atoms with Crippen molar-refractivity contribution >= 4 is 5.57 Å². The van der Waals surface area contributed by atoms with E-state index >= 15 is 0 Å². The van der Waals surface area contributed by atoms with Crippen molar-refractivity contribution in [3.8, 4) is 11.1 Å². The largest absolute Gasteiger partial charge is 0.0905 e. The van der Waals surface area contributed by atoms with Crippen molar-refractivity contribution in [2.45, 2.75) is 34.6 Å². The van der Waals surface area contributed by atoms with Crippen LogP contribution in [0.1, 0.15) is 44.4 Å². The first-order chi connectivity index (χ1) is 9.29. The molecule has 0 heteroatoms. The molecular formula is C19H24. The van der Waals surface area contributed by atoms with Gasteiger partial charge in [0.05, 0.1) is 0 Å². The molecule has 0 aromatic heterocycles. The summed E-state index contributed by atoms with van der Waals surface area (Å²) in [5, 5.41) is 0. The third-order valence-electron chi connectivity index (χ3n) is 3.12. The van der Waals surface area contributed by atoms with Crippen molar-refractivity contribution < 1.29 is 0 Å². The number of hydrogen-bond acceptors (Lipinski definition) is 0. The van der Waals surface area contributed by atoms with Crippen molar-refractivity contribution in [3.05, 3.63) is 65.7 Å². The van der Waals surface area contributed by atoms with Gasteiger partial charge in [0.15, 0.2) is 0 Å². The first-order valence-corrected chi connectivity index (χ1v) is 7.17. The third kappa shape index (κ3) is 2.63. The van der Waals surface area contributed by atoms with Gasteiger partial charge in [-0.3, -0.25) is 0 Å². The standard InChI is InChI=1S/C15H12.2C2H6/c1-10-6-5-9-14-13-8-4-3-7-12(13)11(2)15(10)14;2*1-2/h3-9H,2H2,1H3;2*1-2H3. The lowest BCUT2D eigenvalue weighted by molar-refractivity contribution is 1.45. The molecule has 0 nitrogen and oxygen atoms in total. The molecule has 0 heterocycles. The molecule has 0 bridgehead atoms. The average molecular weight is 252 g/mol. The van der Waals surface area contributed by atoms with Crippen LogP contribution >= 0.6 is 0 Å². The van der Waals surface area contributed by atoms with E-state index in [2.05, 4.69) is 56.0 Å². The zero-order valence-corrected chi connectivity index (χ0v) is 12.7. The van der Waals surface area contributed by atoms with Crippen molar-refractivity contribution in [2.75, 3.05) is 0 Å². The van der Waals surface area contributed by atoms with E-state index in [1.54, 1.807) is 0 Å². The Balaban J connectivity index is 0.000000415. The van der Waals surface area contributed by atoms with Crippen LogP contribution in [0, 0.1) is 6.92 Å². The lowest BCUT2D eigenvalue weighted by atomic mass is 10.0. The lowest BCUT2D eigenvalue weighted by Crippen LogP contribution is -1.83. The monoisotopic (exact) mass is 252 g/mol. The fourth-order valence-corrected chi connectivity index (χ4v) is 2.41. The molecule has 0 atom stereocenters. The van der Waals surface area contributed by atoms with Crippen molar-refractivity contribution in [3.63, 3.8) is 0 Å². The Labute approximate surface area is 117 Å². The van der Waals surface area contributed by atoms with Crippen molar-refractivity contribution in [1.82, 2.24) is 0 Å². The van der Waals surface area contributed by atoms with Crippen LogP contribution in [0.2, 0.25) is 0 Å². The van der Waals surface area contributed by atoms with Crippen LogP contribution in [0.4, 0.5) is 0 Å². The third-order valence-corrected chi connectivity index (χ3v) is 3.12. The van der Waals surface area contributed by atoms with Crippen LogP contribution < -0.4 is 0 Å². The molecule has 1 aliphatic carbocycles. The molecule has 0 fully saturated rings. The number of rotatable bonds is 0. The predicted octanol–water partition coefficient (Wildman–Crippen LogP) is 6.09. The van der Waals surface area contributed by atoms with E-state index < -0.39 is 0 Å². The molecule has 0 spiro atoms. The summed E-state index contributed by atoms with van der Waals surface area (Å²) in [7, 11) is 0. The van der Waals surface area contributed by atoms with Crippen LogP contribution in [0.15, 0.2) is 49.0 Å². The van der Waals surface area contributed by atoms with Gasteiger partial charge in [-0.05, 0) is 40.3 Å². The van der Waals surface area contributed by atoms with E-state index in [-0.39, 0.29) is 0 Å². The maximum absolute atomic E-state index is 4.20. The average Bonchev–Trinajstić information content (AvgIpc) is 2.79. The molecule has 0 unspecified atom stereocenters. The molecule has 0 amide bonds. The van der Waals surface area contributed by atoms with Gasteiger partial charge in [0.25, 0.3) is 0 Å². The normalized spacial score (nSPS) is 10.5. The van der Waals surface area contributed by atoms with Gasteiger partial charge in [-0.2, -0.15) is 0 Å². The summed E-state index contributed by atoms with van der Waals surface area (Å²) >= 11 is 0. The highest BCUT2D eigenvalue weighted by molar-refractivity contribution is 6.01. The quantitative estimate of drug-likeness (QED) is 0.454. The molecule has 1 aliphatic rings. The summed E-state index contributed by atoms with van der Waals surface area (Å²) in [6.45, 7) is 14.3. The van der Waals surface area contributed by atoms with Gasteiger partial charge in [0.1, 0.15) is 0 Å². The molecule has 2 aromatic rings. The Kier molecular flexibility index (Phi) is 5.57. The second-order valence-electron chi connectivity index (χ2n) is 4.02. The maximum Gasteiger partial charge on any atom is -0.00756 e. The number of hydrogen-bond donors (Lipinski definition) is 0. The zero-order chi connectivity index (χ0) is 14.4. The van der Waals surface area contributed by atoms with Gasteiger partial charge in [-0.15, -0.1) is 0 Å². The lowest BCUT2D eigenvalue weighted by Gasteiger charge is -2.03. The van der Waals surface area contributed by atoms with E-state index in [9.17, 15) is 0 Å². The maximum atomic E-state index is 4.20. The topological polar surface area (TPSA) is 0 Å². The highest BCUT2D eigenvalue weighted by Crippen LogP contribution is 2.44. The Bertz CT molecular complexity index is 562. The van der Waals surface area contributed by atoms with Crippen LogP contribution in [-0.4, -0.2) is 0 Å². The second-order valence-corrected chi connectivity index (χ2v) is 4.02. The van der Waals surface area contributed by atoms with E-state index in [0.717, 1.165) is 0 Å². The minimum atomic E-state index is 1.17. The molecule has 0 radical (unpaired) electrons. The Hall–Kier alpha value is -1.82.